The van der Waals surface area contributed by atoms with Gasteiger partial charge in [-0.15, -0.1) is 0 Å². The second kappa shape index (κ2) is 6.55. The van der Waals surface area contributed by atoms with Crippen LogP contribution in [0.2, 0.25) is 0 Å². The van der Waals surface area contributed by atoms with E-state index in [0.717, 1.165) is 13.1 Å². The van der Waals surface area contributed by atoms with E-state index < -0.39 is 9.84 Å². The van der Waals surface area contributed by atoms with Gasteiger partial charge in [0, 0.05) is 24.7 Å². The lowest BCUT2D eigenvalue weighted by molar-refractivity contribution is 0.115. The van der Waals surface area contributed by atoms with Gasteiger partial charge in [-0.25, -0.2) is 8.42 Å². The molecule has 1 aliphatic heterocycles. The molecule has 0 aromatic heterocycles. The average Bonchev–Trinajstić information content (AvgIpc) is 2.36. The summed E-state index contributed by atoms with van der Waals surface area (Å²) in [5.74, 6) is 0.701. The molecule has 0 amide bonds. The van der Waals surface area contributed by atoms with Gasteiger partial charge in [0.05, 0.1) is 11.5 Å². The third-order valence-corrected chi connectivity index (χ3v) is 6.37. The van der Waals surface area contributed by atoms with Crippen LogP contribution < -0.4 is 5.32 Å². The van der Waals surface area contributed by atoms with Crippen molar-refractivity contribution in [1.82, 2.24) is 10.2 Å². The Kier molecular flexibility index (Phi) is 5.26. The van der Waals surface area contributed by atoms with Crippen molar-refractivity contribution in [2.45, 2.75) is 64.1 Å². The van der Waals surface area contributed by atoms with E-state index in [1.54, 1.807) is 0 Å². The SMILES string of the molecule is CCCNC1CCC(N2CCS(=O)(=O)CC2C)CC1. The zero-order valence-electron chi connectivity index (χ0n) is 12.3. The quantitative estimate of drug-likeness (QED) is 0.850. The Labute approximate surface area is 117 Å². The van der Waals surface area contributed by atoms with Crippen LogP contribution in [-0.2, 0) is 9.84 Å². The summed E-state index contributed by atoms with van der Waals surface area (Å²) in [6.07, 6.45) is 6.10. The van der Waals surface area contributed by atoms with Gasteiger partial charge < -0.3 is 5.32 Å². The standard InChI is InChI=1S/C14H28N2O2S/c1-3-8-15-13-4-6-14(7-5-13)16-9-10-19(17,18)11-12(16)2/h12-15H,3-11H2,1-2H3. The lowest BCUT2D eigenvalue weighted by atomic mass is 9.89. The van der Waals surface area contributed by atoms with Crippen molar-refractivity contribution in [2.75, 3.05) is 24.6 Å². The van der Waals surface area contributed by atoms with E-state index in [4.69, 9.17) is 0 Å². The van der Waals surface area contributed by atoms with Crippen molar-refractivity contribution in [1.29, 1.82) is 0 Å². The maximum absolute atomic E-state index is 11.6. The summed E-state index contributed by atoms with van der Waals surface area (Å²) >= 11 is 0. The molecule has 1 atom stereocenters. The normalized spacial score (nSPS) is 36.2. The van der Waals surface area contributed by atoms with Crippen molar-refractivity contribution in [3.8, 4) is 0 Å². The van der Waals surface area contributed by atoms with Gasteiger partial charge in [-0.2, -0.15) is 0 Å². The van der Waals surface area contributed by atoms with Crippen LogP contribution >= 0.6 is 0 Å². The first kappa shape index (κ1) is 15.3. The third kappa shape index (κ3) is 4.17. The minimum atomic E-state index is -2.78. The molecule has 4 nitrogen and oxygen atoms in total. The second-order valence-corrected chi connectivity index (χ2v) is 8.39. The largest absolute Gasteiger partial charge is 0.314 e. The van der Waals surface area contributed by atoms with Crippen LogP contribution in [0.15, 0.2) is 0 Å². The Morgan fingerprint density at radius 2 is 1.89 bits per heavy atom. The Bertz CT molecular complexity index is 375. The van der Waals surface area contributed by atoms with Crippen LogP contribution in [0.1, 0.15) is 46.0 Å². The zero-order valence-corrected chi connectivity index (χ0v) is 13.1. The first-order chi connectivity index (χ1) is 9.02. The molecule has 0 spiro atoms. The molecule has 0 radical (unpaired) electrons. The highest BCUT2D eigenvalue weighted by atomic mass is 32.2. The highest BCUT2D eigenvalue weighted by Gasteiger charge is 2.34. The molecule has 1 unspecified atom stereocenters. The number of rotatable bonds is 4. The summed E-state index contributed by atoms with van der Waals surface area (Å²) < 4.78 is 23.2. The van der Waals surface area contributed by atoms with Gasteiger partial charge >= 0.3 is 0 Å². The molecule has 1 aliphatic carbocycles. The number of nitrogens with zero attached hydrogens (tertiary/aromatic N) is 1. The Balaban J connectivity index is 1.81. The predicted octanol–water partition coefficient (Wildman–Crippen LogP) is 1.42. The van der Waals surface area contributed by atoms with Crippen LogP contribution in [0.3, 0.4) is 0 Å². The van der Waals surface area contributed by atoms with E-state index in [0.29, 0.717) is 23.6 Å². The minimum absolute atomic E-state index is 0.198. The van der Waals surface area contributed by atoms with E-state index in [9.17, 15) is 8.42 Å². The second-order valence-electron chi connectivity index (χ2n) is 6.16. The van der Waals surface area contributed by atoms with Gasteiger partial charge in [-0.1, -0.05) is 6.92 Å². The van der Waals surface area contributed by atoms with E-state index in [-0.39, 0.29) is 6.04 Å². The van der Waals surface area contributed by atoms with Crippen molar-refractivity contribution in [3.05, 3.63) is 0 Å². The fourth-order valence-corrected chi connectivity index (χ4v) is 5.10. The smallest absolute Gasteiger partial charge is 0.153 e. The molecule has 1 N–H and O–H groups in total. The Morgan fingerprint density at radius 1 is 1.21 bits per heavy atom. The maximum atomic E-state index is 11.6. The number of nitrogens with one attached hydrogen (secondary N) is 1. The molecule has 112 valence electrons. The van der Waals surface area contributed by atoms with Crippen molar-refractivity contribution in [3.63, 3.8) is 0 Å². The molecule has 2 fully saturated rings. The van der Waals surface area contributed by atoms with Crippen LogP contribution in [0.5, 0.6) is 0 Å². The average molecular weight is 288 g/mol. The molecule has 0 aromatic carbocycles. The van der Waals surface area contributed by atoms with Crippen LogP contribution in [0.25, 0.3) is 0 Å². The van der Waals surface area contributed by atoms with Gasteiger partial charge in [-0.3, -0.25) is 4.90 Å². The van der Waals surface area contributed by atoms with Crippen molar-refractivity contribution in [2.24, 2.45) is 0 Å². The van der Waals surface area contributed by atoms with E-state index >= 15 is 0 Å². The summed E-state index contributed by atoms with van der Waals surface area (Å²) in [6.45, 7) is 6.13. The fourth-order valence-electron chi connectivity index (χ4n) is 3.51. The Hall–Kier alpha value is -0.130. The third-order valence-electron chi connectivity index (χ3n) is 4.57. The van der Waals surface area contributed by atoms with Crippen molar-refractivity contribution >= 4 is 9.84 Å². The summed E-state index contributed by atoms with van der Waals surface area (Å²) in [5, 5.41) is 3.60. The van der Waals surface area contributed by atoms with Gasteiger partial charge in [-0.05, 0) is 45.6 Å². The van der Waals surface area contributed by atoms with Gasteiger partial charge in [0.2, 0.25) is 0 Å². The summed E-state index contributed by atoms with van der Waals surface area (Å²) in [7, 11) is -2.78. The molecule has 0 aromatic rings. The topological polar surface area (TPSA) is 49.4 Å². The van der Waals surface area contributed by atoms with E-state index in [1.807, 2.05) is 0 Å². The molecule has 1 saturated carbocycles. The monoisotopic (exact) mass is 288 g/mol. The molecule has 2 aliphatic rings. The van der Waals surface area contributed by atoms with E-state index in [1.165, 1.54) is 32.1 Å². The van der Waals surface area contributed by atoms with Crippen LogP contribution in [0.4, 0.5) is 0 Å². The van der Waals surface area contributed by atoms with Gasteiger partial charge in [0.25, 0.3) is 0 Å². The highest BCUT2D eigenvalue weighted by molar-refractivity contribution is 7.91. The zero-order chi connectivity index (χ0) is 13.9. The van der Waals surface area contributed by atoms with Crippen LogP contribution in [0, 0.1) is 0 Å². The molecular formula is C14H28N2O2S. The molecule has 1 heterocycles. The van der Waals surface area contributed by atoms with Gasteiger partial charge in [0.15, 0.2) is 9.84 Å². The Morgan fingerprint density at radius 3 is 2.47 bits per heavy atom. The van der Waals surface area contributed by atoms with Crippen LogP contribution in [-0.4, -0.2) is 56.0 Å². The van der Waals surface area contributed by atoms with E-state index in [2.05, 4.69) is 24.1 Å². The first-order valence-corrected chi connectivity index (χ1v) is 9.53. The highest BCUT2D eigenvalue weighted by Crippen LogP contribution is 2.26. The fraction of sp³-hybridized carbons (Fsp3) is 1.00. The maximum Gasteiger partial charge on any atom is 0.153 e. The summed E-state index contributed by atoms with van der Waals surface area (Å²) in [5.41, 5.74) is 0. The molecule has 5 heteroatoms. The lowest BCUT2D eigenvalue weighted by Gasteiger charge is -2.42. The minimum Gasteiger partial charge on any atom is -0.314 e. The lowest BCUT2D eigenvalue weighted by Crippen LogP contribution is -2.53. The van der Waals surface area contributed by atoms with Gasteiger partial charge in [0.1, 0.15) is 0 Å². The molecule has 2 rings (SSSR count). The number of sulfone groups is 1. The summed E-state index contributed by atoms with van der Waals surface area (Å²) in [6, 6.07) is 1.48. The first-order valence-electron chi connectivity index (χ1n) is 7.71. The summed E-state index contributed by atoms with van der Waals surface area (Å²) in [4.78, 5) is 2.44. The predicted molar refractivity (Wildman–Crippen MR) is 79.2 cm³/mol. The van der Waals surface area contributed by atoms with Crippen molar-refractivity contribution < 1.29 is 8.42 Å². The molecule has 0 bridgehead atoms. The molecule has 1 saturated heterocycles. The molecule has 19 heavy (non-hydrogen) atoms. The molecular weight excluding hydrogens is 260 g/mol. The number of hydrogen-bond donors (Lipinski definition) is 1. The number of hydrogen-bond acceptors (Lipinski definition) is 4.